The summed E-state index contributed by atoms with van der Waals surface area (Å²) in [5.41, 5.74) is 5.64. The van der Waals surface area contributed by atoms with Crippen molar-refractivity contribution in [3.05, 3.63) is 34.4 Å². The summed E-state index contributed by atoms with van der Waals surface area (Å²) >= 11 is 0. The molecule has 0 fully saturated rings. The molecule has 0 bridgehead atoms. The minimum Gasteiger partial charge on any atom is -0.0588 e. The zero-order chi connectivity index (χ0) is 7.72. The van der Waals surface area contributed by atoms with Crippen LogP contribution < -0.4 is 0 Å². The lowest BCUT2D eigenvalue weighted by Crippen LogP contribution is -1.88. The van der Waals surface area contributed by atoms with Crippen LogP contribution in [0.5, 0.6) is 0 Å². The van der Waals surface area contributed by atoms with Gasteiger partial charge >= 0.3 is 0 Å². The fourth-order valence-corrected chi connectivity index (χ4v) is 1.09. The first-order valence-electron chi connectivity index (χ1n) is 3.66. The van der Waals surface area contributed by atoms with Gasteiger partial charge in [0.1, 0.15) is 0 Å². The van der Waals surface area contributed by atoms with E-state index in [1.165, 1.54) is 22.3 Å². The highest BCUT2D eigenvalue weighted by molar-refractivity contribution is 5.75. The first-order chi connectivity index (χ1) is 4.63. The van der Waals surface area contributed by atoms with Crippen molar-refractivity contribution in [3.8, 4) is 0 Å². The van der Waals surface area contributed by atoms with E-state index in [-0.39, 0.29) is 8.41 Å². The smallest absolute Gasteiger partial charge is 0.0588 e. The van der Waals surface area contributed by atoms with Crippen molar-refractivity contribution < 1.29 is 0 Å². The fourth-order valence-electron chi connectivity index (χ4n) is 1.09. The normalized spacial score (nSPS) is 9.09. The molecule has 0 unspecified atom stereocenters. The van der Waals surface area contributed by atoms with Gasteiger partial charge in [0.15, 0.2) is 0 Å². The lowest BCUT2D eigenvalue weighted by molar-refractivity contribution is 1.22. The molecule has 1 aromatic carbocycles. The van der Waals surface area contributed by atoms with Crippen molar-refractivity contribution in [2.45, 2.75) is 27.7 Å². The van der Waals surface area contributed by atoms with Gasteiger partial charge in [-0.25, -0.2) is 0 Å². The average Bonchev–Trinajstić information content (AvgIpc) is 1.93. The van der Waals surface area contributed by atoms with E-state index in [4.69, 9.17) is 0 Å². The SMILES string of the molecule is B.Cc1ccc(C)c(C)c1C. The molecule has 0 aliphatic rings. The Morgan fingerprint density at radius 2 is 1.00 bits per heavy atom. The quantitative estimate of drug-likeness (QED) is 0.491. The maximum absolute atomic E-state index is 2.18. The standard InChI is InChI=1S/C10H14.BH3/c1-7-5-6-8(2)10(4)9(7)3;/h5-6H,1-4H3;1H3. The second kappa shape index (κ2) is 3.61. The zero-order valence-electron chi connectivity index (χ0n) is 7.15. The van der Waals surface area contributed by atoms with Crippen LogP contribution in [-0.2, 0) is 0 Å². The van der Waals surface area contributed by atoms with Crippen LogP contribution in [0.15, 0.2) is 12.1 Å². The van der Waals surface area contributed by atoms with E-state index in [9.17, 15) is 0 Å². The average molecular weight is 148 g/mol. The molecule has 1 heteroatoms. The van der Waals surface area contributed by atoms with Gasteiger partial charge < -0.3 is 0 Å². The van der Waals surface area contributed by atoms with Crippen LogP contribution in [0.1, 0.15) is 22.3 Å². The predicted molar refractivity (Wildman–Crippen MR) is 55.3 cm³/mol. The van der Waals surface area contributed by atoms with Crippen molar-refractivity contribution in [1.82, 2.24) is 0 Å². The topological polar surface area (TPSA) is 0 Å². The highest BCUT2D eigenvalue weighted by Gasteiger charge is 1.97. The molecule has 0 radical (unpaired) electrons. The third-order valence-electron chi connectivity index (χ3n) is 2.33. The third-order valence-corrected chi connectivity index (χ3v) is 2.33. The Morgan fingerprint density at radius 1 is 0.727 bits per heavy atom. The van der Waals surface area contributed by atoms with Crippen molar-refractivity contribution in [3.63, 3.8) is 0 Å². The Balaban J connectivity index is 0.000001000. The highest BCUT2D eigenvalue weighted by Crippen LogP contribution is 2.15. The minimum absolute atomic E-state index is 0. The van der Waals surface area contributed by atoms with E-state index < -0.39 is 0 Å². The van der Waals surface area contributed by atoms with Gasteiger partial charge in [-0.15, -0.1) is 0 Å². The fraction of sp³-hybridized carbons (Fsp3) is 0.400. The molecule has 0 atom stereocenters. The molecule has 0 saturated heterocycles. The van der Waals surface area contributed by atoms with Gasteiger partial charge in [0.2, 0.25) is 0 Å². The summed E-state index contributed by atoms with van der Waals surface area (Å²) < 4.78 is 0. The first kappa shape index (κ1) is 10.3. The summed E-state index contributed by atoms with van der Waals surface area (Å²) in [4.78, 5) is 0. The van der Waals surface area contributed by atoms with Gasteiger partial charge in [0.05, 0.1) is 8.41 Å². The monoisotopic (exact) mass is 148 g/mol. The summed E-state index contributed by atoms with van der Waals surface area (Å²) in [6.45, 7) is 8.67. The van der Waals surface area contributed by atoms with Crippen molar-refractivity contribution in [1.29, 1.82) is 0 Å². The molecular formula is C10H17B. The van der Waals surface area contributed by atoms with E-state index >= 15 is 0 Å². The Hall–Kier alpha value is -0.715. The number of hydrogen-bond donors (Lipinski definition) is 0. The van der Waals surface area contributed by atoms with Crippen LogP contribution in [0.3, 0.4) is 0 Å². The third kappa shape index (κ3) is 1.86. The maximum Gasteiger partial charge on any atom is 0.0814 e. The lowest BCUT2D eigenvalue weighted by Gasteiger charge is -2.06. The summed E-state index contributed by atoms with van der Waals surface area (Å²) in [6, 6.07) is 4.36. The molecule has 60 valence electrons. The largest absolute Gasteiger partial charge is 0.0814 e. The number of aryl methyl sites for hydroxylation is 2. The van der Waals surface area contributed by atoms with Crippen LogP contribution in [0.4, 0.5) is 0 Å². The van der Waals surface area contributed by atoms with E-state index in [2.05, 4.69) is 39.8 Å². The maximum atomic E-state index is 2.18. The molecule has 0 saturated carbocycles. The van der Waals surface area contributed by atoms with Crippen LogP contribution in [-0.4, -0.2) is 8.41 Å². The van der Waals surface area contributed by atoms with Gasteiger partial charge in [0.25, 0.3) is 0 Å². The summed E-state index contributed by atoms with van der Waals surface area (Å²) in [6.07, 6.45) is 0. The minimum atomic E-state index is 0. The van der Waals surface area contributed by atoms with E-state index in [1.54, 1.807) is 0 Å². The molecule has 1 rings (SSSR count). The van der Waals surface area contributed by atoms with Crippen molar-refractivity contribution in [2.75, 3.05) is 0 Å². The molecule has 0 amide bonds. The Kier molecular flexibility index (Phi) is 3.38. The molecule has 0 aliphatic heterocycles. The molecule has 11 heavy (non-hydrogen) atoms. The first-order valence-corrected chi connectivity index (χ1v) is 3.66. The second-order valence-electron chi connectivity index (χ2n) is 2.95. The second-order valence-corrected chi connectivity index (χ2v) is 2.95. The Morgan fingerprint density at radius 3 is 1.27 bits per heavy atom. The molecular weight excluding hydrogens is 131 g/mol. The van der Waals surface area contributed by atoms with Crippen LogP contribution in [0.25, 0.3) is 0 Å². The van der Waals surface area contributed by atoms with Gasteiger partial charge in [-0.3, -0.25) is 0 Å². The van der Waals surface area contributed by atoms with E-state index in [0.29, 0.717) is 0 Å². The molecule has 0 N–H and O–H groups in total. The van der Waals surface area contributed by atoms with Crippen molar-refractivity contribution in [2.24, 2.45) is 0 Å². The Bertz CT molecular complexity index is 224. The van der Waals surface area contributed by atoms with Gasteiger partial charge in [-0.1, -0.05) is 12.1 Å². The van der Waals surface area contributed by atoms with Gasteiger partial charge in [-0.2, -0.15) is 0 Å². The molecule has 0 spiro atoms. The number of rotatable bonds is 0. The molecule has 0 heterocycles. The summed E-state index contributed by atoms with van der Waals surface area (Å²) in [5.74, 6) is 0. The van der Waals surface area contributed by atoms with Gasteiger partial charge in [0, 0.05) is 0 Å². The van der Waals surface area contributed by atoms with E-state index in [1.807, 2.05) is 0 Å². The lowest BCUT2D eigenvalue weighted by atomic mass is 10.0. The van der Waals surface area contributed by atoms with Crippen LogP contribution in [0, 0.1) is 27.7 Å². The highest BCUT2D eigenvalue weighted by atomic mass is 14.0. The summed E-state index contributed by atoms with van der Waals surface area (Å²) in [7, 11) is 0. The number of hydrogen-bond acceptors (Lipinski definition) is 0. The van der Waals surface area contributed by atoms with Crippen LogP contribution in [0.2, 0.25) is 0 Å². The summed E-state index contributed by atoms with van der Waals surface area (Å²) in [5, 5.41) is 0. The van der Waals surface area contributed by atoms with Crippen LogP contribution >= 0.6 is 0 Å². The van der Waals surface area contributed by atoms with Crippen molar-refractivity contribution >= 4 is 8.41 Å². The predicted octanol–water partition coefficient (Wildman–Crippen LogP) is 1.74. The molecule has 0 aliphatic carbocycles. The van der Waals surface area contributed by atoms with Gasteiger partial charge in [-0.05, 0) is 49.9 Å². The molecule has 0 aromatic heterocycles. The molecule has 1 aromatic rings. The molecule has 0 nitrogen and oxygen atoms in total. The zero-order valence-corrected chi connectivity index (χ0v) is 7.15. The van der Waals surface area contributed by atoms with E-state index in [0.717, 1.165) is 0 Å². The Labute approximate surface area is 71.2 Å². The number of benzene rings is 1.